The number of likely N-dealkylation sites (N-methyl/N-ethyl adjacent to an activating group) is 2. The van der Waals surface area contributed by atoms with Crippen LogP contribution in [0.5, 0.6) is 0 Å². The topological polar surface area (TPSA) is 189 Å². The van der Waals surface area contributed by atoms with E-state index in [1.165, 1.54) is 0 Å². The molecule has 4 aromatic rings. The summed E-state index contributed by atoms with van der Waals surface area (Å²) in [7, 11) is -2.96. The third-order valence-electron chi connectivity index (χ3n) is 8.38. The van der Waals surface area contributed by atoms with Gasteiger partial charge in [0.25, 0.3) is 0 Å². The number of hydrogen-bond donors (Lipinski definition) is 0. The fourth-order valence-corrected chi connectivity index (χ4v) is 6.62. The van der Waals surface area contributed by atoms with E-state index in [9.17, 15) is 63.7 Å². The van der Waals surface area contributed by atoms with Crippen molar-refractivity contribution in [3.63, 3.8) is 0 Å². The van der Waals surface area contributed by atoms with Gasteiger partial charge >= 0.3 is 92.8 Å². The van der Waals surface area contributed by atoms with Crippen LogP contribution in [0, 0.1) is 0 Å². The second-order valence-electron chi connectivity index (χ2n) is 13.3. The van der Waals surface area contributed by atoms with Gasteiger partial charge in [-0.1, -0.05) is 84.9 Å². The van der Waals surface area contributed by atoms with Crippen LogP contribution in [0.3, 0.4) is 0 Å². The summed E-state index contributed by atoms with van der Waals surface area (Å²) in [6, 6.07) is 34.5. The van der Waals surface area contributed by atoms with Crippen LogP contribution in [-0.2, 0) is 37.9 Å². The summed E-state index contributed by atoms with van der Waals surface area (Å²) in [4.78, 5) is 53.4. The Bertz CT molecular complexity index is 2350. The number of carbonyl (C=O) groups excluding carboxylic acids is 3. The van der Waals surface area contributed by atoms with Crippen molar-refractivity contribution < 1.29 is 137 Å². The Kier molecular flexibility index (Phi) is 23.9. The number of hydrogen-bond acceptors (Lipinski definition) is 14. The second-order valence-corrected chi connectivity index (χ2v) is 17.7. The van der Waals surface area contributed by atoms with Crippen LogP contribution < -0.4 is 78.9 Å². The third-order valence-corrected chi connectivity index (χ3v) is 11.3. The van der Waals surface area contributed by atoms with Crippen LogP contribution in [0.25, 0.3) is 11.1 Å². The first-order chi connectivity index (χ1) is 29.7. The van der Waals surface area contributed by atoms with Crippen molar-refractivity contribution in [3.05, 3.63) is 144 Å². The van der Waals surface area contributed by atoms with Gasteiger partial charge in [-0.2, -0.15) is 21.6 Å². The van der Waals surface area contributed by atoms with E-state index in [0.717, 1.165) is 33.6 Å². The first kappa shape index (κ1) is 60.3. The van der Waals surface area contributed by atoms with Gasteiger partial charge in [0.05, 0.1) is 0 Å². The van der Waals surface area contributed by atoms with Gasteiger partial charge in [-0.25, -0.2) is 4.31 Å². The van der Waals surface area contributed by atoms with Crippen LogP contribution in [0.2, 0.25) is 0 Å². The summed E-state index contributed by atoms with van der Waals surface area (Å²) < 4.78 is 113. The van der Waals surface area contributed by atoms with Crippen molar-refractivity contribution in [3.8, 4) is 0 Å². The monoisotopic (exact) mass is 1010 g/mol. The predicted octanol–water partition coefficient (Wildman–Crippen LogP) is 0.456. The molecule has 0 radical (unpaired) electrons. The molecule has 0 heterocycles. The molecule has 66 heavy (non-hydrogen) atoms. The Morgan fingerprint density at radius 1 is 0.652 bits per heavy atom. The first-order valence-corrected chi connectivity index (χ1v) is 21.6. The second kappa shape index (κ2) is 26.2. The molecule has 15 nitrogen and oxygen atoms in total. The molecule has 346 valence electrons. The average Bonchev–Trinajstić information content (AvgIpc) is 3.23. The number of anilines is 2. The fourth-order valence-electron chi connectivity index (χ4n) is 5.14. The Hall–Kier alpha value is -3.68. The molecule has 4 rings (SSSR count). The largest absolute Gasteiger partial charge is 1.00 e. The molecule has 0 saturated heterocycles. The van der Waals surface area contributed by atoms with E-state index in [1.807, 2.05) is 147 Å². The van der Waals surface area contributed by atoms with Gasteiger partial charge in [-0.3, -0.25) is 13.9 Å². The molecule has 0 aliphatic carbocycles. The molecule has 4 aromatic carbocycles. The Labute approximate surface area is 425 Å². The van der Waals surface area contributed by atoms with Crippen molar-refractivity contribution in [2.24, 2.45) is 0 Å². The zero-order valence-electron chi connectivity index (χ0n) is 36.4. The van der Waals surface area contributed by atoms with Crippen molar-refractivity contribution in [1.82, 2.24) is 8.61 Å². The van der Waals surface area contributed by atoms with Gasteiger partial charge in [-0.05, 0) is 69.8 Å². The number of alkyl halides is 6. The number of rotatable bonds is 15. The fraction of sp³-hybridized carbons (Fsp3) is 0.225. The summed E-state index contributed by atoms with van der Waals surface area (Å²) in [5, 5.41) is 11.5. The first-order valence-electron chi connectivity index (χ1n) is 17.9. The summed E-state index contributed by atoms with van der Waals surface area (Å²) in [5.41, 5.74) is -1.56. The van der Waals surface area contributed by atoms with Gasteiger partial charge in [0.15, 0.2) is 19.8 Å². The number of carbonyl (C=O) groups is 3. The maximum Gasteiger partial charge on any atom is 1.00 e. The van der Waals surface area contributed by atoms with E-state index in [0.29, 0.717) is 18.2 Å². The van der Waals surface area contributed by atoms with E-state index in [4.69, 9.17) is 4.52 Å². The standard InChI is InChI=1S/C34H35N2O5P.C6H6F6N2O6S2.2Na/c1-35(2)29-19-15-27(16-20-29)32(25-11-7-5-8-12-25)23-31(41-42(39,40)34(37)38)24-33(26-13-9-6-10-14-26)28-17-21-30(22-18-28)36(3)4;1-13(21-20-19-5(7,8)9)3(15)4(16)14(2)22(17,18)6(10,11)12;;/h5-24,31H,1-4H3,(H,37,38)(H,39,40);1-2H3;;/q;;2*+1/p-2/b32-23-,33-24-;;;. The Morgan fingerprint density at radius 2 is 1.02 bits per heavy atom. The Balaban J connectivity index is 0.000000776. The molecule has 1 unspecified atom stereocenters. The van der Waals surface area contributed by atoms with Crippen LogP contribution in [0.1, 0.15) is 22.3 Å². The van der Waals surface area contributed by atoms with E-state index in [-0.39, 0.29) is 70.5 Å². The quantitative estimate of drug-likeness (QED) is 0.0234. The molecule has 0 aromatic heterocycles. The molecule has 0 fully saturated rings. The molecule has 0 aliphatic heterocycles. The smallest absolute Gasteiger partial charge is 0.774 e. The Morgan fingerprint density at radius 3 is 1.33 bits per heavy atom. The van der Waals surface area contributed by atoms with E-state index in [1.54, 1.807) is 12.2 Å². The molecular formula is C40H39F6N4Na2O11PS2. The van der Waals surface area contributed by atoms with Crippen LogP contribution in [-0.4, -0.2) is 94.8 Å². The molecule has 0 spiro atoms. The molecule has 0 N–H and O–H groups in total. The average molecular weight is 1010 g/mol. The molecular weight excluding hydrogens is 968 g/mol. The number of nitrogens with zero attached hydrogens (tertiary/aromatic N) is 4. The van der Waals surface area contributed by atoms with Crippen LogP contribution in [0.4, 0.5) is 42.5 Å². The molecule has 2 amide bonds. The normalized spacial score (nSPS) is 13.3. The number of benzene rings is 4. The molecule has 1 atom stereocenters. The molecule has 0 saturated carbocycles. The van der Waals surface area contributed by atoms with Crippen molar-refractivity contribution in [2.45, 2.75) is 18.0 Å². The minimum absolute atomic E-state index is 0. The number of sulfonamides is 1. The van der Waals surface area contributed by atoms with Crippen LogP contribution in [0.15, 0.2) is 121 Å². The minimum Gasteiger partial charge on any atom is -0.774 e. The van der Waals surface area contributed by atoms with Crippen LogP contribution >= 0.6 is 19.8 Å². The van der Waals surface area contributed by atoms with E-state index >= 15 is 0 Å². The zero-order valence-corrected chi connectivity index (χ0v) is 43.0. The number of halogens is 6. The van der Waals surface area contributed by atoms with Gasteiger partial charge < -0.3 is 33.7 Å². The van der Waals surface area contributed by atoms with E-state index < -0.39 is 69.7 Å². The van der Waals surface area contributed by atoms with Crippen molar-refractivity contribution in [1.29, 1.82) is 0 Å². The number of amides is 2. The van der Waals surface area contributed by atoms with Gasteiger partial charge in [0, 0.05) is 53.7 Å². The SMILES string of the molecule is CN(C)c1ccc(/C(=C\C(/C=C(/c2ccccc2)c2ccc(N(C)C)cc2)OP(=O)([O-])C(=O)[O-])c2ccccc2)cc1.CN(SOOC(F)(F)F)C(=O)C(=O)N(C)S(=O)(=O)C(F)(F)F.[Na+].[Na+]. The maximum absolute atomic E-state index is 12.6. The maximum atomic E-state index is 12.6. The third kappa shape index (κ3) is 17.8. The summed E-state index contributed by atoms with van der Waals surface area (Å²) in [5.74, 6) is -4.09. The molecule has 26 heteroatoms. The van der Waals surface area contributed by atoms with E-state index in [2.05, 4.69) is 9.22 Å². The molecule has 0 aliphatic rings. The van der Waals surface area contributed by atoms with Gasteiger partial charge in [-0.15, -0.1) is 22.4 Å². The zero-order chi connectivity index (χ0) is 48.2. The number of carboxylic acid groups (broad SMARTS) is 1. The van der Waals surface area contributed by atoms with Crippen molar-refractivity contribution >= 4 is 69.9 Å². The predicted molar refractivity (Wildman–Crippen MR) is 223 cm³/mol. The summed E-state index contributed by atoms with van der Waals surface area (Å²) in [6.45, 7) is 0. The molecule has 0 bridgehead atoms. The van der Waals surface area contributed by atoms with Crippen molar-refractivity contribution in [2.75, 3.05) is 52.1 Å². The summed E-state index contributed by atoms with van der Waals surface area (Å²) in [6.07, 6.45) is -3.26. The minimum atomic E-state index is -6.12. The summed E-state index contributed by atoms with van der Waals surface area (Å²) >= 11 is -0.507. The van der Waals surface area contributed by atoms with Gasteiger partial charge in [0.2, 0.25) is 0 Å². The van der Waals surface area contributed by atoms with Gasteiger partial charge in [0.1, 0.15) is 11.8 Å².